The second kappa shape index (κ2) is 5.46. The second-order valence-corrected chi connectivity index (χ2v) is 7.88. The van der Waals surface area contributed by atoms with Gasteiger partial charge in [-0.15, -0.1) is 0 Å². The molecule has 1 amide bonds. The number of Topliss-reactive ketones (excluding diaryl/α,β-unsaturated/α-hetero) is 1. The fourth-order valence-corrected chi connectivity index (χ4v) is 4.63. The van der Waals surface area contributed by atoms with Gasteiger partial charge in [0.15, 0.2) is 5.78 Å². The lowest BCUT2D eigenvalue weighted by Gasteiger charge is -2.37. The molecule has 0 radical (unpaired) electrons. The molecule has 0 aromatic heterocycles. The van der Waals surface area contributed by atoms with Gasteiger partial charge in [-0.25, -0.2) is 0 Å². The maximum atomic E-state index is 13.2. The third-order valence-electron chi connectivity index (χ3n) is 6.47. The van der Waals surface area contributed by atoms with Gasteiger partial charge in [-0.2, -0.15) is 0 Å². The van der Waals surface area contributed by atoms with E-state index in [0.717, 1.165) is 0 Å². The highest BCUT2D eigenvalue weighted by molar-refractivity contribution is 6.51. The van der Waals surface area contributed by atoms with Crippen LogP contribution in [0.2, 0.25) is 5.02 Å². The summed E-state index contributed by atoms with van der Waals surface area (Å²) in [7, 11) is 1.49. The normalized spacial score (nSPS) is 31.4. The van der Waals surface area contributed by atoms with Crippen molar-refractivity contribution in [2.24, 2.45) is 21.4 Å². The summed E-state index contributed by atoms with van der Waals surface area (Å²) in [5, 5.41) is 15.8. The van der Waals surface area contributed by atoms with E-state index in [9.17, 15) is 14.8 Å². The van der Waals surface area contributed by atoms with Crippen molar-refractivity contribution in [3.8, 4) is 5.75 Å². The molecule has 7 heteroatoms. The number of fused-ring (bicyclic) bond motifs is 2. The first-order valence-electron chi connectivity index (χ1n) is 8.08. The number of halogens is 1. The summed E-state index contributed by atoms with van der Waals surface area (Å²) in [6, 6.07) is 4.88. The van der Waals surface area contributed by atoms with Crippen molar-refractivity contribution in [3.05, 3.63) is 23.2 Å². The third kappa shape index (κ3) is 2.00. The van der Waals surface area contributed by atoms with Crippen LogP contribution < -0.4 is 10.1 Å². The van der Waals surface area contributed by atoms with Crippen LogP contribution in [-0.4, -0.2) is 29.7 Å². The lowest BCUT2D eigenvalue weighted by atomic mass is 9.64. The summed E-state index contributed by atoms with van der Waals surface area (Å²) >= 11 is 6.02. The Hall–Kier alpha value is -2.08. The molecule has 134 valence electrons. The molecule has 1 aromatic carbocycles. The predicted molar refractivity (Wildman–Crippen MR) is 94.4 cm³/mol. The maximum Gasteiger partial charge on any atom is 0.239 e. The van der Waals surface area contributed by atoms with Crippen LogP contribution in [0.5, 0.6) is 5.75 Å². The highest BCUT2D eigenvalue weighted by atomic mass is 35.5. The number of hydrogen-bond donors (Lipinski definition) is 2. The van der Waals surface area contributed by atoms with Crippen LogP contribution in [0.4, 0.5) is 5.69 Å². The number of oxime groups is 1. The molecule has 2 bridgehead atoms. The molecule has 2 aliphatic rings. The molecule has 1 aromatic rings. The SMILES string of the molecule is COc1ccc(Cl)cc1NC(=O)C12CCC(C)(/C(=N/O)C1=O)C2(C)C. The van der Waals surface area contributed by atoms with Gasteiger partial charge in [-0.3, -0.25) is 9.59 Å². The van der Waals surface area contributed by atoms with E-state index in [1.165, 1.54) is 7.11 Å². The predicted octanol–water partition coefficient (Wildman–Crippen LogP) is 3.51. The van der Waals surface area contributed by atoms with E-state index in [0.29, 0.717) is 29.3 Å². The Bertz CT molecular complexity index is 804. The first-order chi connectivity index (χ1) is 11.7. The molecule has 2 aliphatic carbocycles. The van der Waals surface area contributed by atoms with Crippen LogP contribution in [0, 0.1) is 16.2 Å². The van der Waals surface area contributed by atoms with Gasteiger partial charge >= 0.3 is 0 Å². The fourth-order valence-electron chi connectivity index (χ4n) is 4.46. The maximum absolute atomic E-state index is 13.2. The smallest absolute Gasteiger partial charge is 0.239 e. The second-order valence-electron chi connectivity index (χ2n) is 7.44. The highest BCUT2D eigenvalue weighted by Gasteiger charge is 2.76. The van der Waals surface area contributed by atoms with Crippen molar-refractivity contribution in [1.82, 2.24) is 0 Å². The molecule has 2 N–H and O–H groups in total. The summed E-state index contributed by atoms with van der Waals surface area (Å²) in [5.74, 6) is -0.383. The van der Waals surface area contributed by atoms with Crippen LogP contribution in [-0.2, 0) is 9.59 Å². The minimum absolute atomic E-state index is 0.0805. The average Bonchev–Trinajstić information content (AvgIpc) is 2.83. The molecule has 0 saturated heterocycles. The van der Waals surface area contributed by atoms with Gasteiger partial charge in [0, 0.05) is 10.4 Å². The monoisotopic (exact) mass is 364 g/mol. The number of rotatable bonds is 3. The minimum Gasteiger partial charge on any atom is -0.495 e. The van der Waals surface area contributed by atoms with Gasteiger partial charge in [0.2, 0.25) is 5.91 Å². The largest absolute Gasteiger partial charge is 0.495 e. The number of methoxy groups -OCH3 is 1. The van der Waals surface area contributed by atoms with Crippen molar-refractivity contribution in [2.75, 3.05) is 12.4 Å². The molecule has 2 saturated carbocycles. The quantitative estimate of drug-likeness (QED) is 0.488. The number of benzene rings is 1. The van der Waals surface area contributed by atoms with Gasteiger partial charge < -0.3 is 15.3 Å². The lowest BCUT2D eigenvalue weighted by molar-refractivity contribution is -0.140. The molecular formula is C18H21ClN2O4. The van der Waals surface area contributed by atoms with Gasteiger partial charge in [0.05, 0.1) is 12.8 Å². The Morgan fingerprint density at radius 3 is 2.56 bits per heavy atom. The van der Waals surface area contributed by atoms with Crippen LogP contribution >= 0.6 is 11.6 Å². The fraction of sp³-hybridized carbons (Fsp3) is 0.500. The number of amides is 1. The molecule has 2 atom stereocenters. The van der Waals surface area contributed by atoms with E-state index in [4.69, 9.17) is 16.3 Å². The molecule has 25 heavy (non-hydrogen) atoms. The standard InChI is InChI=1S/C18H21ClN2O4/c1-16(2)17(3)7-8-18(16,14(22)13(17)21-24)15(23)20-11-9-10(19)5-6-12(11)25-4/h5-6,9,24H,7-8H2,1-4H3,(H,20,23)/b21-13+. The van der Waals surface area contributed by atoms with Crippen molar-refractivity contribution in [2.45, 2.75) is 33.6 Å². The topological polar surface area (TPSA) is 88.0 Å². The number of carbonyl (C=O) groups is 2. The van der Waals surface area contributed by atoms with Crippen LogP contribution in [0.25, 0.3) is 0 Å². The third-order valence-corrected chi connectivity index (χ3v) is 6.70. The van der Waals surface area contributed by atoms with Gasteiger partial charge in [-0.1, -0.05) is 37.5 Å². The van der Waals surface area contributed by atoms with E-state index >= 15 is 0 Å². The van der Waals surface area contributed by atoms with Crippen LogP contribution in [0.1, 0.15) is 33.6 Å². The summed E-state index contributed by atoms with van der Waals surface area (Å²) in [4.78, 5) is 26.2. The van der Waals surface area contributed by atoms with Gasteiger partial charge in [0.1, 0.15) is 16.9 Å². The lowest BCUT2D eigenvalue weighted by Crippen LogP contribution is -2.47. The van der Waals surface area contributed by atoms with Crippen LogP contribution in [0.3, 0.4) is 0 Å². The Morgan fingerprint density at radius 1 is 1.32 bits per heavy atom. The minimum atomic E-state index is -1.28. The summed E-state index contributed by atoms with van der Waals surface area (Å²) < 4.78 is 5.26. The van der Waals surface area contributed by atoms with Crippen LogP contribution in [0.15, 0.2) is 23.4 Å². The zero-order valence-corrected chi connectivity index (χ0v) is 15.4. The van der Waals surface area contributed by atoms with Crippen molar-refractivity contribution < 1.29 is 19.5 Å². The number of nitrogens with one attached hydrogen (secondary N) is 1. The van der Waals surface area contributed by atoms with Crippen molar-refractivity contribution in [1.29, 1.82) is 0 Å². The van der Waals surface area contributed by atoms with E-state index in [2.05, 4.69) is 10.5 Å². The van der Waals surface area contributed by atoms with E-state index < -0.39 is 27.9 Å². The average molecular weight is 365 g/mol. The zero-order chi connectivity index (χ0) is 18.6. The number of anilines is 1. The van der Waals surface area contributed by atoms with Gasteiger partial charge in [-0.05, 0) is 36.5 Å². The molecule has 3 rings (SSSR count). The molecule has 6 nitrogen and oxygen atoms in total. The summed E-state index contributed by atoms with van der Waals surface area (Å²) in [5.41, 5.74) is -2.13. The number of ether oxygens (including phenoxy) is 1. The molecular weight excluding hydrogens is 344 g/mol. The Morgan fingerprint density at radius 2 is 2.00 bits per heavy atom. The molecule has 0 aliphatic heterocycles. The highest BCUT2D eigenvalue weighted by Crippen LogP contribution is 2.69. The molecule has 0 heterocycles. The summed E-state index contributed by atoms with van der Waals surface area (Å²) in [6.45, 7) is 5.64. The Balaban J connectivity index is 2.06. The number of carbonyl (C=O) groups excluding carboxylic acids is 2. The van der Waals surface area contributed by atoms with E-state index in [1.807, 2.05) is 20.8 Å². The Kier molecular flexibility index (Phi) is 3.87. The molecule has 0 spiro atoms. The van der Waals surface area contributed by atoms with E-state index in [-0.39, 0.29) is 5.71 Å². The number of hydrogen-bond acceptors (Lipinski definition) is 5. The molecule has 2 fully saturated rings. The summed E-state index contributed by atoms with van der Waals surface area (Å²) in [6.07, 6.45) is 1.01. The van der Waals surface area contributed by atoms with Gasteiger partial charge in [0.25, 0.3) is 0 Å². The van der Waals surface area contributed by atoms with E-state index in [1.54, 1.807) is 18.2 Å². The first kappa shape index (κ1) is 17.7. The molecule has 2 unspecified atom stereocenters. The van der Waals surface area contributed by atoms with Crippen molar-refractivity contribution in [3.63, 3.8) is 0 Å². The first-order valence-corrected chi connectivity index (χ1v) is 8.46. The Labute approximate surface area is 151 Å². The number of ketones is 1. The van der Waals surface area contributed by atoms with Crippen molar-refractivity contribution >= 4 is 34.7 Å². The zero-order valence-electron chi connectivity index (χ0n) is 14.6. The number of nitrogens with zero attached hydrogens (tertiary/aromatic N) is 1.